The lowest BCUT2D eigenvalue weighted by atomic mass is 10.1. The van der Waals surface area contributed by atoms with E-state index in [0.717, 1.165) is 17.1 Å². The van der Waals surface area contributed by atoms with Crippen molar-refractivity contribution in [1.29, 1.82) is 0 Å². The molecule has 0 heterocycles. The number of benzene rings is 1. The smallest absolute Gasteiger partial charge is 0.312 e. The van der Waals surface area contributed by atoms with Gasteiger partial charge in [0.2, 0.25) is 0 Å². The lowest BCUT2D eigenvalue weighted by Crippen LogP contribution is -2.09. The van der Waals surface area contributed by atoms with Crippen molar-refractivity contribution in [3.05, 3.63) is 29.8 Å². The summed E-state index contributed by atoms with van der Waals surface area (Å²) in [6.07, 6.45) is 14.2. The predicted octanol–water partition coefficient (Wildman–Crippen LogP) is 6.94. The molecule has 0 amide bonds. The Hall–Kier alpha value is -0.960. The molecule has 3 heteroatoms. The van der Waals surface area contributed by atoms with Crippen LogP contribution in [0.4, 0.5) is 0 Å². The van der Waals surface area contributed by atoms with Crippen LogP contribution in [0.3, 0.4) is 0 Å². The molecule has 0 aliphatic rings. The Morgan fingerprint density at radius 2 is 1.48 bits per heavy atom. The number of aryl methyl sites for hydroxylation is 1. The summed E-state index contributed by atoms with van der Waals surface area (Å²) in [4.78, 5) is 11.8. The molecule has 142 valence electrons. The number of ether oxygens (including phenoxy) is 1. The fraction of sp³-hybridized carbons (Fsp3) is 0.682. The highest BCUT2D eigenvalue weighted by Crippen LogP contribution is 2.17. The number of unbranched alkanes of at least 4 members (excludes halogenated alkanes) is 9. The first kappa shape index (κ1) is 22.1. The minimum atomic E-state index is -0.120. The Kier molecular flexibility index (Phi) is 13.5. The molecule has 0 aliphatic carbocycles. The van der Waals surface area contributed by atoms with Gasteiger partial charge in [-0.25, -0.2) is 0 Å². The summed E-state index contributed by atoms with van der Waals surface area (Å²) < 4.78 is 5.40. The Labute approximate surface area is 159 Å². The van der Waals surface area contributed by atoms with Crippen LogP contribution in [0.15, 0.2) is 24.3 Å². The van der Waals surface area contributed by atoms with Gasteiger partial charge in [-0.3, -0.25) is 4.79 Å². The fourth-order valence-electron chi connectivity index (χ4n) is 2.79. The van der Waals surface area contributed by atoms with Crippen molar-refractivity contribution in [3.8, 4) is 5.75 Å². The van der Waals surface area contributed by atoms with Gasteiger partial charge in [-0.05, 0) is 30.7 Å². The van der Waals surface area contributed by atoms with Gasteiger partial charge in [0.1, 0.15) is 5.75 Å². The highest BCUT2D eigenvalue weighted by molar-refractivity contribution is 7.99. The monoisotopic (exact) mass is 364 g/mol. The third kappa shape index (κ3) is 12.1. The van der Waals surface area contributed by atoms with Gasteiger partial charge in [0, 0.05) is 5.75 Å². The third-order valence-electron chi connectivity index (χ3n) is 4.41. The minimum Gasteiger partial charge on any atom is -0.426 e. The van der Waals surface area contributed by atoms with E-state index >= 15 is 0 Å². The second-order valence-electron chi connectivity index (χ2n) is 6.78. The Morgan fingerprint density at radius 3 is 2.12 bits per heavy atom. The van der Waals surface area contributed by atoms with Crippen LogP contribution in [0.5, 0.6) is 5.75 Å². The molecule has 0 bridgehead atoms. The highest BCUT2D eigenvalue weighted by atomic mass is 32.2. The van der Waals surface area contributed by atoms with E-state index in [9.17, 15) is 4.79 Å². The van der Waals surface area contributed by atoms with E-state index in [4.69, 9.17) is 4.74 Å². The van der Waals surface area contributed by atoms with Gasteiger partial charge in [0.25, 0.3) is 0 Å². The van der Waals surface area contributed by atoms with E-state index in [2.05, 4.69) is 6.92 Å². The molecule has 0 atom stereocenters. The molecule has 2 nitrogen and oxygen atoms in total. The number of para-hydroxylation sites is 1. The molecule has 1 aromatic carbocycles. The molecule has 1 rings (SSSR count). The number of carbonyl (C=O) groups is 1. The van der Waals surface area contributed by atoms with E-state index in [1.165, 1.54) is 64.2 Å². The van der Waals surface area contributed by atoms with Crippen LogP contribution in [-0.4, -0.2) is 17.5 Å². The molecule has 0 aliphatic heterocycles. The summed E-state index contributed by atoms with van der Waals surface area (Å²) in [6, 6.07) is 7.66. The molecule has 0 N–H and O–H groups in total. The summed E-state index contributed by atoms with van der Waals surface area (Å²) in [5.41, 5.74) is 1.01. The molecule has 0 fully saturated rings. The zero-order valence-corrected chi connectivity index (χ0v) is 17.0. The SMILES string of the molecule is CCCCCCCCCCCCSCCC(=O)Oc1ccccc1C. The number of thioether (sulfide) groups is 1. The van der Waals surface area contributed by atoms with Gasteiger partial charge in [-0.2, -0.15) is 11.8 Å². The number of hydrogen-bond donors (Lipinski definition) is 0. The first-order valence-corrected chi connectivity index (χ1v) is 11.2. The van der Waals surface area contributed by atoms with Crippen molar-refractivity contribution in [2.45, 2.75) is 84.5 Å². The van der Waals surface area contributed by atoms with Crippen LogP contribution in [0, 0.1) is 6.92 Å². The lowest BCUT2D eigenvalue weighted by Gasteiger charge is -2.07. The average molecular weight is 365 g/mol. The summed E-state index contributed by atoms with van der Waals surface area (Å²) in [5.74, 6) is 2.59. The number of rotatable bonds is 15. The summed E-state index contributed by atoms with van der Waals surface area (Å²) in [5, 5.41) is 0. The van der Waals surface area contributed by atoms with E-state index in [0.29, 0.717) is 12.2 Å². The Balaban J connectivity index is 1.87. The van der Waals surface area contributed by atoms with E-state index < -0.39 is 0 Å². The van der Waals surface area contributed by atoms with Crippen molar-refractivity contribution < 1.29 is 9.53 Å². The Bertz CT molecular complexity index is 459. The van der Waals surface area contributed by atoms with Crippen LogP contribution < -0.4 is 4.74 Å². The largest absolute Gasteiger partial charge is 0.426 e. The lowest BCUT2D eigenvalue weighted by molar-refractivity contribution is -0.133. The van der Waals surface area contributed by atoms with Crippen LogP contribution in [0.25, 0.3) is 0 Å². The Morgan fingerprint density at radius 1 is 0.880 bits per heavy atom. The molecule has 1 aromatic rings. The van der Waals surface area contributed by atoms with Crippen molar-refractivity contribution in [2.75, 3.05) is 11.5 Å². The fourth-order valence-corrected chi connectivity index (χ4v) is 3.72. The molecule has 0 saturated heterocycles. The number of esters is 1. The van der Waals surface area contributed by atoms with Crippen LogP contribution in [0.2, 0.25) is 0 Å². The van der Waals surface area contributed by atoms with Crippen molar-refractivity contribution in [1.82, 2.24) is 0 Å². The van der Waals surface area contributed by atoms with Gasteiger partial charge in [0.15, 0.2) is 0 Å². The topological polar surface area (TPSA) is 26.3 Å². The zero-order valence-electron chi connectivity index (χ0n) is 16.2. The maximum Gasteiger partial charge on any atom is 0.312 e. The van der Waals surface area contributed by atoms with E-state index in [1.54, 1.807) is 0 Å². The van der Waals surface area contributed by atoms with Crippen molar-refractivity contribution in [3.63, 3.8) is 0 Å². The van der Waals surface area contributed by atoms with Crippen LogP contribution in [-0.2, 0) is 4.79 Å². The molecule has 0 radical (unpaired) electrons. The van der Waals surface area contributed by atoms with E-state index in [-0.39, 0.29) is 5.97 Å². The third-order valence-corrected chi connectivity index (χ3v) is 5.48. The molecular formula is C22H36O2S. The first-order chi connectivity index (χ1) is 12.2. The van der Waals surface area contributed by atoms with Gasteiger partial charge in [0.05, 0.1) is 6.42 Å². The van der Waals surface area contributed by atoms with Gasteiger partial charge < -0.3 is 4.74 Å². The minimum absolute atomic E-state index is 0.120. The standard InChI is InChI=1S/C22H36O2S/c1-3-4-5-6-7-8-9-10-11-14-18-25-19-17-22(23)24-21-16-13-12-15-20(21)2/h12-13,15-16H,3-11,14,17-19H2,1-2H3. The molecule has 0 aromatic heterocycles. The van der Waals surface area contributed by atoms with Crippen molar-refractivity contribution >= 4 is 17.7 Å². The average Bonchev–Trinajstić information content (AvgIpc) is 2.61. The quantitative estimate of drug-likeness (QED) is 0.191. The summed E-state index contributed by atoms with van der Waals surface area (Å²) in [6.45, 7) is 4.23. The van der Waals surface area contributed by atoms with Gasteiger partial charge in [-0.15, -0.1) is 0 Å². The predicted molar refractivity (Wildman–Crippen MR) is 111 cm³/mol. The zero-order chi connectivity index (χ0) is 18.2. The normalized spacial score (nSPS) is 10.8. The number of hydrogen-bond acceptors (Lipinski definition) is 3. The number of carbonyl (C=O) groups excluding carboxylic acids is 1. The molecule has 0 unspecified atom stereocenters. The molecule has 25 heavy (non-hydrogen) atoms. The van der Waals surface area contributed by atoms with Gasteiger partial charge in [-0.1, -0.05) is 82.9 Å². The molecule has 0 spiro atoms. The second kappa shape index (κ2) is 15.3. The van der Waals surface area contributed by atoms with Crippen LogP contribution in [0.1, 0.15) is 83.1 Å². The highest BCUT2D eigenvalue weighted by Gasteiger charge is 2.06. The molecule has 0 saturated carbocycles. The first-order valence-electron chi connectivity index (χ1n) is 10.1. The van der Waals surface area contributed by atoms with Crippen molar-refractivity contribution in [2.24, 2.45) is 0 Å². The summed E-state index contributed by atoms with van der Waals surface area (Å²) >= 11 is 1.87. The van der Waals surface area contributed by atoms with Crippen LogP contribution >= 0.6 is 11.8 Å². The van der Waals surface area contributed by atoms with Gasteiger partial charge >= 0.3 is 5.97 Å². The van der Waals surface area contributed by atoms with E-state index in [1.807, 2.05) is 43.0 Å². The maximum absolute atomic E-state index is 11.8. The maximum atomic E-state index is 11.8. The molecular weight excluding hydrogens is 328 g/mol. The second-order valence-corrected chi connectivity index (χ2v) is 8.01. The summed E-state index contributed by atoms with van der Waals surface area (Å²) in [7, 11) is 0.